The van der Waals surface area contributed by atoms with Crippen LogP contribution in [0.3, 0.4) is 0 Å². The minimum Gasteiger partial charge on any atom is -0.489 e. The van der Waals surface area contributed by atoms with Crippen molar-refractivity contribution < 1.29 is 9.53 Å². The standard InChI is InChI=1S/C24H23N5O2/c25-22-21-20(16-7-4-8-19(13-16)31-14-15-5-2-1-3-6-15)28-24(29(21)10-9-27-22)18-11-17(12-18)23(26)30/h1-10,13,17-18H,11-12,14H2,(H2,25,27)(H2,26,30)/t17-,18-. The van der Waals surface area contributed by atoms with Crippen LogP contribution in [0.5, 0.6) is 5.75 Å². The third-order valence-corrected chi connectivity index (χ3v) is 5.87. The van der Waals surface area contributed by atoms with E-state index in [-0.39, 0.29) is 17.7 Å². The molecule has 1 saturated carbocycles. The van der Waals surface area contributed by atoms with Crippen molar-refractivity contribution in [2.24, 2.45) is 11.7 Å². The fourth-order valence-corrected chi connectivity index (χ4v) is 4.11. The average Bonchev–Trinajstić information content (AvgIpc) is 3.13. The molecule has 4 aromatic rings. The van der Waals surface area contributed by atoms with E-state index in [2.05, 4.69) is 4.98 Å². The molecule has 1 amide bonds. The predicted molar refractivity (Wildman–Crippen MR) is 118 cm³/mol. The normalized spacial score (nSPS) is 17.9. The SMILES string of the molecule is Nc1nccn2c1c(-c1cccc(OCc3ccccc3)c1)nc2[C@H]1C[C@H](C(N)=O)C1. The number of fused-ring (bicyclic) bond motifs is 1. The van der Waals surface area contributed by atoms with Gasteiger partial charge >= 0.3 is 0 Å². The number of benzene rings is 2. The van der Waals surface area contributed by atoms with Crippen LogP contribution in [-0.4, -0.2) is 20.3 Å². The van der Waals surface area contributed by atoms with Crippen LogP contribution in [0.2, 0.25) is 0 Å². The highest BCUT2D eigenvalue weighted by atomic mass is 16.5. The lowest BCUT2D eigenvalue weighted by Gasteiger charge is -2.31. The van der Waals surface area contributed by atoms with Crippen LogP contribution in [-0.2, 0) is 11.4 Å². The molecule has 2 aromatic carbocycles. The zero-order valence-electron chi connectivity index (χ0n) is 16.9. The van der Waals surface area contributed by atoms with Gasteiger partial charge in [0.1, 0.15) is 35.2 Å². The molecule has 1 aliphatic rings. The van der Waals surface area contributed by atoms with Gasteiger partial charge in [-0.2, -0.15) is 0 Å². The number of hydrogen-bond donors (Lipinski definition) is 2. The molecule has 4 N–H and O–H groups in total. The summed E-state index contributed by atoms with van der Waals surface area (Å²) in [5.74, 6) is 1.88. The Balaban J connectivity index is 1.48. The molecule has 7 nitrogen and oxygen atoms in total. The summed E-state index contributed by atoms with van der Waals surface area (Å²) < 4.78 is 7.97. The van der Waals surface area contributed by atoms with E-state index in [4.69, 9.17) is 21.2 Å². The first-order chi connectivity index (χ1) is 15.1. The third-order valence-electron chi connectivity index (χ3n) is 5.87. The molecule has 5 rings (SSSR count). The van der Waals surface area contributed by atoms with E-state index in [9.17, 15) is 4.79 Å². The van der Waals surface area contributed by atoms with Crippen LogP contribution >= 0.6 is 0 Å². The van der Waals surface area contributed by atoms with Crippen molar-refractivity contribution in [3.63, 3.8) is 0 Å². The molecule has 2 aromatic heterocycles. The first kappa shape index (κ1) is 19.1. The average molecular weight is 413 g/mol. The Labute approximate surface area is 179 Å². The van der Waals surface area contributed by atoms with Crippen LogP contribution in [0.1, 0.15) is 30.1 Å². The van der Waals surface area contributed by atoms with Crippen molar-refractivity contribution in [3.05, 3.63) is 78.4 Å². The van der Waals surface area contributed by atoms with Gasteiger partial charge in [-0.1, -0.05) is 42.5 Å². The summed E-state index contributed by atoms with van der Waals surface area (Å²) in [6.45, 7) is 0.486. The fourth-order valence-electron chi connectivity index (χ4n) is 4.11. The quantitative estimate of drug-likeness (QED) is 0.503. The Morgan fingerprint density at radius 1 is 1.13 bits per heavy atom. The maximum absolute atomic E-state index is 11.5. The second-order valence-corrected chi connectivity index (χ2v) is 7.92. The second-order valence-electron chi connectivity index (χ2n) is 7.92. The van der Waals surface area contributed by atoms with Gasteiger partial charge in [0.2, 0.25) is 5.91 Å². The van der Waals surface area contributed by atoms with E-state index in [0.29, 0.717) is 25.3 Å². The van der Waals surface area contributed by atoms with Crippen LogP contribution in [0.15, 0.2) is 67.0 Å². The smallest absolute Gasteiger partial charge is 0.220 e. The Morgan fingerprint density at radius 2 is 1.94 bits per heavy atom. The number of aromatic nitrogens is 3. The molecule has 0 spiro atoms. The minimum atomic E-state index is -0.248. The number of ether oxygens (including phenoxy) is 1. The van der Waals surface area contributed by atoms with Crippen LogP contribution in [0, 0.1) is 5.92 Å². The number of rotatable bonds is 6. The van der Waals surface area contributed by atoms with Gasteiger partial charge in [-0.05, 0) is 30.5 Å². The highest BCUT2D eigenvalue weighted by molar-refractivity contribution is 5.86. The molecule has 0 saturated heterocycles. The molecule has 1 aliphatic carbocycles. The van der Waals surface area contributed by atoms with E-state index in [1.54, 1.807) is 6.20 Å². The maximum atomic E-state index is 11.5. The lowest BCUT2D eigenvalue weighted by atomic mass is 9.74. The topological polar surface area (TPSA) is 109 Å². The van der Waals surface area contributed by atoms with Gasteiger partial charge in [-0.25, -0.2) is 9.97 Å². The van der Waals surface area contributed by atoms with E-state index in [1.165, 1.54) is 0 Å². The van der Waals surface area contributed by atoms with Gasteiger partial charge in [0.15, 0.2) is 0 Å². The fraction of sp³-hybridized carbons (Fsp3) is 0.208. The van der Waals surface area contributed by atoms with Gasteiger partial charge < -0.3 is 16.2 Å². The molecule has 7 heteroatoms. The number of nitrogens with two attached hydrogens (primary N) is 2. The van der Waals surface area contributed by atoms with Crippen LogP contribution < -0.4 is 16.2 Å². The van der Waals surface area contributed by atoms with Gasteiger partial charge in [0, 0.05) is 29.8 Å². The van der Waals surface area contributed by atoms with Crippen molar-refractivity contribution in [2.75, 3.05) is 5.73 Å². The van der Waals surface area contributed by atoms with Crippen molar-refractivity contribution in [2.45, 2.75) is 25.4 Å². The number of carbonyl (C=O) groups excluding carboxylic acids is 1. The van der Waals surface area contributed by atoms with Gasteiger partial charge in [-0.15, -0.1) is 0 Å². The molecule has 1 fully saturated rings. The molecule has 0 atom stereocenters. The van der Waals surface area contributed by atoms with E-state index < -0.39 is 0 Å². The Morgan fingerprint density at radius 3 is 2.71 bits per heavy atom. The Bertz CT molecular complexity index is 1250. The maximum Gasteiger partial charge on any atom is 0.220 e. The highest BCUT2D eigenvalue weighted by Crippen LogP contribution is 2.43. The highest BCUT2D eigenvalue weighted by Gasteiger charge is 2.37. The molecular formula is C24H23N5O2. The van der Waals surface area contributed by atoms with Gasteiger partial charge in [-0.3, -0.25) is 9.20 Å². The monoisotopic (exact) mass is 413 g/mol. The molecule has 0 aliphatic heterocycles. The van der Waals surface area contributed by atoms with Crippen molar-refractivity contribution in [1.82, 2.24) is 14.4 Å². The van der Waals surface area contributed by atoms with E-state index >= 15 is 0 Å². The first-order valence-corrected chi connectivity index (χ1v) is 10.3. The number of nitrogen functional groups attached to an aromatic ring is 1. The Kier molecular flexibility index (Phi) is 4.78. The Hall–Kier alpha value is -3.87. The number of nitrogens with zero attached hydrogens (tertiary/aromatic N) is 3. The third kappa shape index (κ3) is 3.59. The summed E-state index contributed by atoms with van der Waals surface area (Å²) in [4.78, 5) is 20.6. The summed E-state index contributed by atoms with van der Waals surface area (Å²) in [6.07, 6.45) is 4.94. The minimum absolute atomic E-state index is 0.0882. The van der Waals surface area contributed by atoms with Crippen molar-refractivity contribution in [1.29, 1.82) is 0 Å². The molecule has 31 heavy (non-hydrogen) atoms. The van der Waals surface area contributed by atoms with Crippen molar-refractivity contribution >= 4 is 17.2 Å². The predicted octanol–water partition coefficient (Wildman–Crippen LogP) is 3.54. The first-order valence-electron chi connectivity index (χ1n) is 10.3. The molecule has 2 heterocycles. The van der Waals surface area contributed by atoms with Crippen molar-refractivity contribution in [3.8, 4) is 17.0 Å². The number of amides is 1. The number of imidazole rings is 1. The van der Waals surface area contributed by atoms with E-state index in [0.717, 1.165) is 33.9 Å². The summed E-state index contributed by atoms with van der Waals surface area (Å²) in [5.41, 5.74) is 15.2. The number of carbonyl (C=O) groups is 1. The van der Waals surface area contributed by atoms with E-state index in [1.807, 2.05) is 65.2 Å². The number of hydrogen-bond acceptors (Lipinski definition) is 5. The molecule has 0 unspecified atom stereocenters. The molecule has 156 valence electrons. The zero-order chi connectivity index (χ0) is 21.4. The summed E-state index contributed by atoms with van der Waals surface area (Å²) in [5, 5.41) is 0. The zero-order valence-corrected chi connectivity index (χ0v) is 16.9. The van der Waals surface area contributed by atoms with Gasteiger partial charge in [0.25, 0.3) is 0 Å². The van der Waals surface area contributed by atoms with Crippen LogP contribution in [0.4, 0.5) is 5.82 Å². The molecular weight excluding hydrogens is 390 g/mol. The summed E-state index contributed by atoms with van der Waals surface area (Å²) >= 11 is 0. The molecule has 0 bridgehead atoms. The number of anilines is 1. The lowest BCUT2D eigenvalue weighted by molar-refractivity contribution is -0.124. The largest absolute Gasteiger partial charge is 0.489 e. The second kappa shape index (κ2) is 7.75. The summed E-state index contributed by atoms with van der Waals surface area (Å²) in [7, 11) is 0. The number of primary amides is 1. The lowest BCUT2D eigenvalue weighted by Crippen LogP contribution is -2.34. The van der Waals surface area contributed by atoms with Crippen LogP contribution in [0.25, 0.3) is 16.8 Å². The van der Waals surface area contributed by atoms with Gasteiger partial charge in [0.05, 0.1) is 0 Å². The molecule has 0 radical (unpaired) electrons. The summed E-state index contributed by atoms with van der Waals surface area (Å²) in [6, 6.07) is 17.9.